The Morgan fingerprint density at radius 3 is 2.32 bits per heavy atom. The maximum atomic E-state index is 14.7. The lowest BCUT2D eigenvalue weighted by Gasteiger charge is -2.37. The topological polar surface area (TPSA) is 9.23 Å². The van der Waals surface area contributed by atoms with Crippen molar-refractivity contribution in [3.8, 4) is 5.75 Å². The Morgan fingerprint density at radius 2 is 1.72 bits per heavy atom. The Balaban J connectivity index is 0.00000182. The van der Waals surface area contributed by atoms with Gasteiger partial charge in [0.05, 0.1) is 0 Å². The maximum Gasteiger partial charge on any atom is 0.149 e. The highest BCUT2D eigenvalue weighted by molar-refractivity contribution is 6.32. The van der Waals surface area contributed by atoms with Gasteiger partial charge >= 0.3 is 0 Å². The molecule has 0 aromatic heterocycles. The van der Waals surface area contributed by atoms with Crippen LogP contribution in [0.25, 0.3) is 0 Å². The van der Waals surface area contributed by atoms with Crippen molar-refractivity contribution in [3.05, 3.63) is 41.2 Å². The third-order valence-corrected chi connectivity index (χ3v) is 6.72. The Hall–Kier alpha value is -1.02. The second-order valence-electron chi connectivity index (χ2n) is 8.01. The molecule has 1 nitrogen and oxygen atoms in total. The zero-order valence-electron chi connectivity index (χ0n) is 15.3. The van der Waals surface area contributed by atoms with Gasteiger partial charge in [-0.15, -0.1) is 0 Å². The highest BCUT2D eigenvalue weighted by Crippen LogP contribution is 2.45. The van der Waals surface area contributed by atoms with Crippen LogP contribution in [0.2, 0.25) is 5.02 Å². The van der Waals surface area contributed by atoms with Crippen LogP contribution in [0.3, 0.4) is 0 Å². The standard InChI is InChI=1S/C22H30ClFO.2H2/c1-3-14-25-20-13-12-19(22(24)21(20)23)18-10-8-17(9-11-18)16-6-4-15(2)5-7-16;;/h3,12-13,15-18H,1,4-11,14H2,2H3;2*1H. The highest BCUT2D eigenvalue weighted by atomic mass is 35.5. The Morgan fingerprint density at radius 1 is 1.12 bits per heavy atom. The zero-order chi connectivity index (χ0) is 17.8. The van der Waals surface area contributed by atoms with E-state index in [0.717, 1.165) is 36.2 Å². The molecule has 2 aliphatic carbocycles. The number of halogens is 2. The molecule has 25 heavy (non-hydrogen) atoms. The molecule has 142 valence electrons. The lowest BCUT2D eigenvalue weighted by molar-refractivity contribution is 0.164. The van der Waals surface area contributed by atoms with Crippen LogP contribution >= 0.6 is 11.6 Å². The van der Waals surface area contributed by atoms with Crippen molar-refractivity contribution in [2.24, 2.45) is 17.8 Å². The third kappa shape index (κ3) is 4.39. The van der Waals surface area contributed by atoms with Crippen LogP contribution in [0.5, 0.6) is 5.75 Å². The van der Waals surface area contributed by atoms with Crippen molar-refractivity contribution in [2.75, 3.05) is 6.61 Å². The number of ether oxygens (including phenoxy) is 1. The predicted molar refractivity (Wildman–Crippen MR) is 107 cm³/mol. The van der Waals surface area contributed by atoms with Gasteiger partial charge in [-0.05, 0) is 73.8 Å². The quantitative estimate of drug-likeness (QED) is 0.485. The van der Waals surface area contributed by atoms with E-state index in [1.165, 1.54) is 38.5 Å². The van der Waals surface area contributed by atoms with Gasteiger partial charge in [-0.25, -0.2) is 4.39 Å². The smallest absolute Gasteiger partial charge is 0.149 e. The van der Waals surface area contributed by atoms with Gasteiger partial charge in [0, 0.05) is 2.85 Å². The van der Waals surface area contributed by atoms with Crippen LogP contribution in [0.15, 0.2) is 24.8 Å². The fourth-order valence-electron chi connectivity index (χ4n) is 4.78. The summed E-state index contributed by atoms with van der Waals surface area (Å²) < 4.78 is 20.2. The molecule has 0 N–H and O–H groups in total. The molecule has 2 saturated carbocycles. The minimum atomic E-state index is -0.293. The molecule has 0 aliphatic heterocycles. The summed E-state index contributed by atoms with van der Waals surface area (Å²) in [6.07, 6.45) is 11.8. The molecule has 0 atom stereocenters. The molecule has 0 heterocycles. The summed E-state index contributed by atoms with van der Waals surface area (Å²) in [7, 11) is 0. The summed E-state index contributed by atoms with van der Waals surface area (Å²) in [6.45, 7) is 6.32. The Bertz CT molecular complexity index is 594. The van der Waals surface area contributed by atoms with Crippen molar-refractivity contribution in [2.45, 2.75) is 64.2 Å². The van der Waals surface area contributed by atoms with E-state index >= 15 is 0 Å². The van der Waals surface area contributed by atoms with Crippen LogP contribution in [-0.2, 0) is 0 Å². The van der Waals surface area contributed by atoms with Gasteiger partial charge < -0.3 is 4.74 Å². The first-order valence-corrected chi connectivity index (χ1v) is 10.2. The monoisotopic (exact) mass is 368 g/mol. The maximum absolute atomic E-state index is 14.7. The van der Waals surface area contributed by atoms with Crippen LogP contribution in [0.1, 0.15) is 72.6 Å². The lowest BCUT2D eigenvalue weighted by Crippen LogP contribution is -2.25. The van der Waals surface area contributed by atoms with E-state index in [1.807, 2.05) is 6.07 Å². The second kappa shape index (κ2) is 8.58. The van der Waals surface area contributed by atoms with Crippen molar-refractivity contribution >= 4 is 11.6 Å². The molecular weight excluding hydrogens is 335 g/mol. The SMILES string of the molecule is C=CCOc1ccc(C2CCC(C3CCC(C)CC3)CC2)c(F)c1Cl.[HH].[HH]. The Kier molecular flexibility index (Phi) is 6.44. The van der Waals surface area contributed by atoms with E-state index in [4.69, 9.17) is 16.3 Å². The molecule has 0 saturated heterocycles. The van der Waals surface area contributed by atoms with Gasteiger partial charge in [-0.3, -0.25) is 0 Å². The fourth-order valence-corrected chi connectivity index (χ4v) is 5.01. The van der Waals surface area contributed by atoms with Gasteiger partial charge in [-0.1, -0.05) is 50.1 Å². The van der Waals surface area contributed by atoms with Gasteiger partial charge in [0.2, 0.25) is 0 Å². The lowest BCUT2D eigenvalue weighted by atomic mass is 9.68. The normalized spacial score (nSPS) is 30.0. The van der Waals surface area contributed by atoms with Gasteiger partial charge in [0.1, 0.15) is 23.2 Å². The average Bonchev–Trinajstić information content (AvgIpc) is 2.64. The number of hydrogen-bond donors (Lipinski definition) is 0. The van der Waals surface area contributed by atoms with E-state index in [9.17, 15) is 4.39 Å². The molecular formula is C22H34ClFO. The molecule has 1 aromatic rings. The third-order valence-electron chi connectivity index (χ3n) is 6.37. The molecule has 2 aliphatic rings. The number of hydrogen-bond acceptors (Lipinski definition) is 1. The molecule has 3 heteroatoms. The van der Waals surface area contributed by atoms with Crippen molar-refractivity contribution in [3.63, 3.8) is 0 Å². The summed E-state index contributed by atoms with van der Waals surface area (Å²) in [5, 5.41) is 0.114. The summed E-state index contributed by atoms with van der Waals surface area (Å²) >= 11 is 6.18. The van der Waals surface area contributed by atoms with Crippen LogP contribution in [-0.4, -0.2) is 6.61 Å². The zero-order valence-corrected chi connectivity index (χ0v) is 16.0. The number of benzene rings is 1. The van der Waals surface area contributed by atoms with Gasteiger partial charge in [0.25, 0.3) is 0 Å². The van der Waals surface area contributed by atoms with Crippen molar-refractivity contribution in [1.29, 1.82) is 0 Å². The molecule has 1 aromatic carbocycles. The molecule has 3 rings (SSSR count). The van der Waals surface area contributed by atoms with Crippen LogP contribution in [0, 0.1) is 23.6 Å². The molecule has 0 bridgehead atoms. The summed E-state index contributed by atoms with van der Waals surface area (Å²) in [5.41, 5.74) is 0.770. The van der Waals surface area contributed by atoms with Crippen LogP contribution in [0.4, 0.5) is 4.39 Å². The molecule has 0 spiro atoms. The molecule has 0 amide bonds. The molecule has 2 fully saturated rings. The van der Waals surface area contributed by atoms with E-state index in [-0.39, 0.29) is 13.7 Å². The minimum Gasteiger partial charge on any atom is -0.488 e. The predicted octanol–water partition coefficient (Wildman–Crippen LogP) is 7.64. The second-order valence-corrected chi connectivity index (χ2v) is 8.39. The van der Waals surface area contributed by atoms with Crippen molar-refractivity contribution < 1.29 is 12.0 Å². The minimum absolute atomic E-state index is 0. The average molecular weight is 369 g/mol. The van der Waals surface area contributed by atoms with Gasteiger partial charge in [-0.2, -0.15) is 0 Å². The van der Waals surface area contributed by atoms with Gasteiger partial charge in [0.15, 0.2) is 0 Å². The first-order chi connectivity index (χ1) is 12.1. The Labute approximate surface area is 159 Å². The van der Waals surface area contributed by atoms with Crippen LogP contribution < -0.4 is 4.74 Å². The molecule has 0 radical (unpaired) electrons. The van der Waals surface area contributed by atoms with E-state index in [1.54, 1.807) is 12.1 Å². The first kappa shape index (κ1) is 18.8. The first-order valence-electron chi connectivity index (χ1n) is 9.81. The summed E-state index contributed by atoms with van der Waals surface area (Å²) in [5.74, 6) is 3.07. The fraction of sp³-hybridized carbons (Fsp3) is 0.636. The van der Waals surface area contributed by atoms with Crippen molar-refractivity contribution in [1.82, 2.24) is 0 Å². The van der Waals surface area contributed by atoms with E-state index in [2.05, 4.69) is 13.5 Å². The molecule has 0 unspecified atom stereocenters. The highest BCUT2D eigenvalue weighted by Gasteiger charge is 2.31. The summed E-state index contributed by atoms with van der Waals surface area (Å²) in [6, 6.07) is 3.67. The van der Waals surface area contributed by atoms with E-state index < -0.39 is 0 Å². The largest absolute Gasteiger partial charge is 0.488 e. The summed E-state index contributed by atoms with van der Waals surface area (Å²) in [4.78, 5) is 0. The number of rotatable bonds is 5. The van der Waals surface area contributed by atoms with E-state index in [0.29, 0.717) is 18.3 Å².